The second-order valence-corrected chi connectivity index (χ2v) is 8.91. The van der Waals surface area contributed by atoms with Crippen LogP contribution in [0.25, 0.3) is 0 Å². The van der Waals surface area contributed by atoms with E-state index >= 15 is 0 Å². The first-order chi connectivity index (χ1) is 10.8. The molecular weight excluding hydrogens is 414 g/mol. The first kappa shape index (κ1) is 26.6. The van der Waals surface area contributed by atoms with Gasteiger partial charge in [0.05, 0.1) is 0 Å². The SMILES string of the molecule is Cc1ccc(S(=O)(=O)Cl)c(F)c1.Cc1ccc(S(N)(=O)=O)c(F)c1.N.O. The molecule has 0 aliphatic rings. The number of benzene rings is 2. The molecule has 0 atom stereocenters. The van der Waals surface area contributed by atoms with Crippen molar-refractivity contribution in [3.8, 4) is 0 Å². The summed E-state index contributed by atoms with van der Waals surface area (Å²) in [7, 11) is -2.93. The third-order valence-electron chi connectivity index (χ3n) is 2.74. The van der Waals surface area contributed by atoms with Crippen LogP contribution in [0.3, 0.4) is 0 Å². The molecule has 2 rings (SSSR count). The number of primary sulfonamides is 1. The predicted molar refractivity (Wildman–Crippen MR) is 95.3 cm³/mol. The Morgan fingerprint density at radius 2 is 1.19 bits per heavy atom. The minimum Gasteiger partial charge on any atom is -0.412 e. The molecule has 0 fully saturated rings. The molecule has 0 aliphatic carbocycles. The molecule has 12 heteroatoms. The number of hydrogen-bond donors (Lipinski definition) is 2. The molecule has 7 nitrogen and oxygen atoms in total. The largest absolute Gasteiger partial charge is 0.412 e. The van der Waals surface area contributed by atoms with Crippen LogP contribution >= 0.6 is 10.7 Å². The lowest BCUT2D eigenvalue weighted by molar-refractivity contribution is 0.567. The van der Waals surface area contributed by atoms with Gasteiger partial charge in [0.1, 0.15) is 21.4 Å². The van der Waals surface area contributed by atoms with E-state index in [1.807, 2.05) is 0 Å². The van der Waals surface area contributed by atoms with E-state index in [1.54, 1.807) is 13.8 Å². The number of nitrogens with two attached hydrogens (primary N) is 1. The molecule has 0 aromatic heterocycles. The summed E-state index contributed by atoms with van der Waals surface area (Å²) in [6.07, 6.45) is 0. The van der Waals surface area contributed by atoms with E-state index in [0.29, 0.717) is 11.1 Å². The Hall–Kier alpha value is -1.63. The molecule has 0 unspecified atom stereocenters. The fourth-order valence-corrected chi connectivity index (χ4v) is 3.13. The standard InChI is InChI=1S/C7H6ClFO2S.C7H8FNO2S.H3N.H2O/c1-5-2-3-7(6(9)4-5)12(8,10)11;1-5-2-3-7(6(8)4-5)12(9,10)11;;/h2-4H,1H3;2-4H,1H3,(H2,9,10,11);1H3;1H2. The van der Waals surface area contributed by atoms with Crippen LogP contribution in [0, 0.1) is 25.5 Å². The average molecular weight is 433 g/mol. The second kappa shape index (κ2) is 9.90. The molecule has 2 aromatic rings. The Morgan fingerprint density at radius 1 is 0.846 bits per heavy atom. The van der Waals surface area contributed by atoms with Gasteiger partial charge >= 0.3 is 0 Å². The van der Waals surface area contributed by atoms with Crippen molar-refractivity contribution in [2.75, 3.05) is 0 Å². The normalized spacial score (nSPS) is 10.7. The maximum atomic E-state index is 12.9. The topological polar surface area (TPSA) is 161 Å². The number of rotatable bonds is 2. The van der Waals surface area contributed by atoms with Crippen molar-refractivity contribution >= 4 is 29.8 Å². The lowest BCUT2D eigenvalue weighted by atomic mass is 10.2. The first-order valence-electron chi connectivity index (χ1n) is 6.32. The van der Waals surface area contributed by atoms with Crippen LogP contribution in [0.1, 0.15) is 11.1 Å². The molecule has 0 saturated carbocycles. The maximum Gasteiger partial charge on any atom is 0.264 e. The smallest absolute Gasteiger partial charge is 0.264 e. The van der Waals surface area contributed by atoms with Gasteiger partial charge in [-0.25, -0.2) is 30.8 Å². The summed E-state index contributed by atoms with van der Waals surface area (Å²) in [5.41, 5.74) is 1.30. The van der Waals surface area contributed by atoms with Crippen molar-refractivity contribution in [1.82, 2.24) is 6.15 Å². The molecule has 0 heterocycles. The zero-order chi connectivity index (χ0) is 18.7. The third kappa shape index (κ3) is 7.72. The van der Waals surface area contributed by atoms with Crippen LogP contribution < -0.4 is 11.3 Å². The van der Waals surface area contributed by atoms with Crippen molar-refractivity contribution in [3.63, 3.8) is 0 Å². The highest BCUT2D eigenvalue weighted by atomic mass is 35.7. The quantitative estimate of drug-likeness (QED) is 0.694. The summed E-state index contributed by atoms with van der Waals surface area (Å²) >= 11 is 0. The van der Waals surface area contributed by atoms with Gasteiger partial charge in [0.15, 0.2) is 0 Å². The number of hydrogen-bond acceptors (Lipinski definition) is 5. The summed E-state index contributed by atoms with van der Waals surface area (Å²) in [6.45, 7) is 3.32. The molecule has 0 radical (unpaired) electrons. The predicted octanol–water partition coefficient (Wildman–Crippen LogP) is 2.18. The van der Waals surface area contributed by atoms with Crippen LogP contribution in [0.2, 0.25) is 0 Å². The van der Waals surface area contributed by atoms with Gasteiger partial charge in [-0.2, -0.15) is 0 Å². The summed E-state index contributed by atoms with van der Waals surface area (Å²) in [6, 6.07) is 7.52. The molecule has 2 aromatic carbocycles. The number of halogens is 3. The fourth-order valence-electron chi connectivity index (χ4n) is 1.64. The molecule has 7 N–H and O–H groups in total. The van der Waals surface area contributed by atoms with Crippen molar-refractivity contribution < 1.29 is 31.1 Å². The zero-order valence-corrected chi connectivity index (χ0v) is 16.2. The van der Waals surface area contributed by atoms with E-state index in [9.17, 15) is 25.6 Å². The molecule has 148 valence electrons. The average Bonchev–Trinajstić information content (AvgIpc) is 2.35. The minimum atomic E-state index is -3.95. The van der Waals surface area contributed by atoms with Crippen LogP contribution in [0.4, 0.5) is 8.78 Å². The Kier molecular flexibility index (Phi) is 10.1. The Labute approximate surface area is 155 Å². The Bertz CT molecular complexity index is 888. The van der Waals surface area contributed by atoms with E-state index in [-0.39, 0.29) is 11.6 Å². The van der Waals surface area contributed by atoms with Crippen molar-refractivity contribution in [2.24, 2.45) is 5.14 Å². The second-order valence-electron chi connectivity index (χ2n) is 4.85. The molecule has 26 heavy (non-hydrogen) atoms. The highest BCUT2D eigenvalue weighted by molar-refractivity contribution is 8.13. The summed E-state index contributed by atoms with van der Waals surface area (Å²) in [4.78, 5) is -0.942. The van der Waals surface area contributed by atoms with Crippen LogP contribution in [0.15, 0.2) is 46.2 Å². The van der Waals surface area contributed by atoms with Gasteiger partial charge in [-0.15, -0.1) is 0 Å². The molecule has 0 bridgehead atoms. The van der Waals surface area contributed by atoms with E-state index in [4.69, 9.17) is 15.8 Å². The lowest BCUT2D eigenvalue weighted by Gasteiger charge is -1.99. The van der Waals surface area contributed by atoms with Gasteiger partial charge in [-0.1, -0.05) is 12.1 Å². The molecule has 0 amide bonds. The highest BCUT2D eigenvalue weighted by Gasteiger charge is 2.15. The molecule has 0 aliphatic heterocycles. The molecule has 0 saturated heterocycles. The molecule has 0 spiro atoms. The van der Waals surface area contributed by atoms with Gasteiger partial charge in [-0.05, 0) is 49.2 Å². The third-order valence-corrected chi connectivity index (χ3v) is 5.04. The van der Waals surface area contributed by atoms with Gasteiger partial charge in [0, 0.05) is 10.7 Å². The van der Waals surface area contributed by atoms with Crippen molar-refractivity contribution in [1.29, 1.82) is 0 Å². The van der Waals surface area contributed by atoms with Crippen LogP contribution in [-0.4, -0.2) is 22.3 Å². The summed E-state index contributed by atoms with van der Waals surface area (Å²) < 4.78 is 68.6. The Balaban J connectivity index is 0. The van der Waals surface area contributed by atoms with Crippen LogP contribution in [0.5, 0.6) is 0 Å². The molecular formula is C14H19ClF2N2O5S2. The maximum absolute atomic E-state index is 12.9. The zero-order valence-electron chi connectivity index (χ0n) is 13.8. The first-order valence-corrected chi connectivity index (χ1v) is 10.2. The van der Waals surface area contributed by atoms with E-state index in [1.165, 1.54) is 12.1 Å². The minimum absolute atomic E-state index is 0. The van der Waals surface area contributed by atoms with E-state index in [0.717, 1.165) is 24.3 Å². The number of sulfonamides is 1. The summed E-state index contributed by atoms with van der Waals surface area (Å²) in [5.74, 6) is -1.62. The van der Waals surface area contributed by atoms with Crippen molar-refractivity contribution in [2.45, 2.75) is 23.6 Å². The van der Waals surface area contributed by atoms with Gasteiger partial charge in [-0.3, -0.25) is 0 Å². The Morgan fingerprint density at radius 3 is 1.46 bits per heavy atom. The van der Waals surface area contributed by atoms with E-state index in [2.05, 4.69) is 0 Å². The van der Waals surface area contributed by atoms with Gasteiger partial charge in [0.25, 0.3) is 9.05 Å². The van der Waals surface area contributed by atoms with E-state index < -0.39 is 40.5 Å². The van der Waals surface area contributed by atoms with Crippen molar-refractivity contribution in [3.05, 3.63) is 59.2 Å². The van der Waals surface area contributed by atoms with Crippen LogP contribution in [-0.2, 0) is 19.1 Å². The highest BCUT2D eigenvalue weighted by Crippen LogP contribution is 2.19. The summed E-state index contributed by atoms with van der Waals surface area (Å²) in [5, 5.41) is 4.74. The van der Waals surface area contributed by atoms with Gasteiger partial charge < -0.3 is 11.6 Å². The monoisotopic (exact) mass is 432 g/mol. The van der Waals surface area contributed by atoms with Gasteiger partial charge in [0.2, 0.25) is 10.0 Å². The fraction of sp³-hybridized carbons (Fsp3) is 0.143. The number of aryl methyl sites for hydroxylation is 2. The lowest BCUT2D eigenvalue weighted by Crippen LogP contribution is -2.13.